The number of benzene rings is 3. The quantitative estimate of drug-likeness (QED) is 0.165. The van der Waals surface area contributed by atoms with E-state index in [2.05, 4.69) is 9.97 Å². The molecule has 3 heterocycles. The van der Waals surface area contributed by atoms with Crippen LogP contribution >= 0.6 is 11.6 Å². The van der Waals surface area contributed by atoms with Crippen LogP contribution in [-0.2, 0) is 24.3 Å². The lowest BCUT2D eigenvalue weighted by Gasteiger charge is -2.27. The van der Waals surface area contributed by atoms with Gasteiger partial charge in [0.1, 0.15) is 29.5 Å². The summed E-state index contributed by atoms with van der Waals surface area (Å²) in [5.74, 6) is -4.58. The van der Waals surface area contributed by atoms with Crippen LogP contribution in [0.2, 0.25) is 5.02 Å². The minimum Gasteiger partial charge on any atom is -0.484 e. The second-order valence-electron chi connectivity index (χ2n) is 10.1. The van der Waals surface area contributed by atoms with E-state index in [4.69, 9.17) is 25.8 Å². The molecule has 0 saturated carbocycles. The summed E-state index contributed by atoms with van der Waals surface area (Å²) in [6.45, 7) is 0.654. The van der Waals surface area contributed by atoms with Crippen LogP contribution in [0.25, 0.3) is 11.0 Å². The molecule has 0 spiro atoms. The van der Waals surface area contributed by atoms with E-state index in [0.717, 1.165) is 30.7 Å². The van der Waals surface area contributed by atoms with Crippen molar-refractivity contribution in [1.29, 1.82) is 0 Å². The lowest BCUT2D eigenvalue weighted by molar-refractivity contribution is -0.0589. The Bertz CT molecular complexity index is 1900. The molecular weight excluding hydrogens is 606 g/mol. The van der Waals surface area contributed by atoms with Crippen molar-refractivity contribution in [3.05, 3.63) is 112 Å². The fourth-order valence-corrected chi connectivity index (χ4v) is 4.91. The fraction of sp³-hybridized carbons (Fsp3) is 0.194. The van der Waals surface area contributed by atoms with Crippen molar-refractivity contribution in [3.63, 3.8) is 0 Å². The first-order valence-electron chi connectivity index (χ1n) is 13.4. The fourth-order valence-electron chi connectivity index (χ4n) is 4.75. The highest BCUT2D eigenvalue weighted by molar-refractivity contribution is 6.30. The molecule has 6 rings (SSSR count). The van der Waals surface area contributed by atoms with E-state index < -0.39 is 35.0 Å². The Balaban J connectivity index is 1.23. The standard InChI is InChI=1S/C31H22ClF4N3O5/c32-18-1-2-27(24(35)11-18)43-15-19-12-20(3-5-37-19)44-28-13-22(33)16(7-23(28)34)10-29-38-30-25(36)8-17(31(40)41)9-26(30)39(29)14-21-4-6-42-21/h1-3,5,7-9,11-13,21H,4,6,10,14-15H2,(H,40,41)/t21-/m0/s1. The number of ether oxygens (including phenoxy) is 3. The molecule has 0 bridgehead atoms. The highest BCUT2D eigenvalue weighted by Gasteiger charge is 2.25. The molecule has 0 aliphatic carbocycles. The predicted octanol–water partition coefficient (Wildman–Crippen LogP) is 7.09. The van der Waals surface area contributed by atoms with Crippen molar-refractivity contribution in [2.24, 2.45) is 0 Å². The van der Waals surface area contributed by atoms with E-state index in [1.54, 1.807) is 4.57 Å². The van der Waals surface area contributed by atoms with Crippen molar-refractivity contribution in [3.8, 4) is 17.2 Å². The van der Waals surface area contributed by atoms with E-state index in [1.807, 2.05) is 0 Å². The Morgan fingerprint density at radius 3 is 2.52 bits per heavy atom. The number of fused-ring (bicyclic) bond motifs is 1. The summed E-state index contributed by atoms with van der Waals surface area (Å²) in [7, 11) is 0. The molecule has 3 aromatic carbocycles. The maximum absolute atomic E-state index is 15.3. The van der Waals surface area contributed by atoms with Crippen LogP contribution in [0.3, 0.4) is 0 Å². The van der Waals surface area contributed by atoms with E-state index in [-0.39, 0.29) is 70.2 Å². The third kappa shape index (κ3) is 6.17. The van der Waals surface area contributed by atoms with Gasteiger partial charge in [0.25, 0.3) is 0 Å². The topological polar surface area (TPSA) is 95.7 Å². The van der Waals surface area contributed by atoms with E-state index in [0.29, 0.717) is 12.3 Å². The van der Waals surface area contributed by atoms with Gasteiger partial charge in [-0.05, 0) is 54.4 Å². The van der Waals surface area contributed by atoms with Crippen LogP contribution in [-0.4, -0.2) is 38.3 Å². The first-order valence-corrected chi connectivity index (χ1v) is 13.7. The van der Waals surface area contributed by atoms with Gasteiger partial charge in [-0.2, -0.15) is 0 Å². The SMILES string of the molecule is O=C(O)c1cc(F)c2nc(Cc3cc(F)c(Oc4ccnc(COc5ccc(Cl)cc5F)c4)cc3F)n(C[C@@H]3CCO3)c2c1. The highest BCUT2D eigenvalue weighted by atomic mass is 35.5. The molecule has 226 valence electrons. The van der Waals surface area contributed by atoms with E-state index >= 15 is 8.78 Å². The van der Waals surface area contributed by atoms with Crippen LogP contribution in [0.15, 0.2) is 60.8 Å². The number of rotatable bonds is 10. The molecule has 1 saturated heterocycles. The predicted molar refractivity (Wildman–Crippen MR) is 150 cm³/mol. The number of aromatic nitrogens is 3. The number of carbonyl (C=O) groups is 1. The number of carboxylic acid groups (broad SMARTS) is 1. The summed E-state index contributed by atoms with van der Waals surface area (Å²) in [4.78, 5) is 20.0. The zero-order valence-corrected chi connectivity index (χ0v) is 23.5. The van der Waals surface area contributed by atoms with Gasteiger partial charge in [0, 0.05) is 36.4 Å². The van der Waals surface area contributed by atoms with Gasteiger partial charge in [0.05, 0.1) is 29.4 Å². The molecule has 44 heavy (non-hydrogen) atoms. The van der Waals surface area contributed by atoms with Gasteiger partial charge in [0.15, 0.2) is 29.0 Å². The average molecular weight is 628 g/mol. The van der Waals surface area contributed by atoms with Crippen molar-refractivity contribution in [2.45, 2.75) is 32.1 Å². The summed E-state index contributed by atoms with van der Waals surface area (Å²) in [5.41, 5.74) is 0.126. The maximum atomic E-state index is 15.3. The zero-order valence-electron chi connectivity index (χ0n) is 22.7. The molecule has 0 amide bonds. The number of imidazole rings is 1. The van der Waals surface area contributed by atoms with Crippen molar-refractivity contribution in [2.75, 3.05) is 6.61 Å². The number of hydrogen-bond acceptors (Lipinski definition) is 6. The second-order valence-corrected chi connectivity index (χ2v) is 10.5. The van der Waals surface area contributed by atoms with Crippen LogP contribution < -0.4 is 9.47 Å². The molecule has 1 aliphatic heterocycles. The zero-order chi connectivity index (χ0) is 31.0. The third-order valence-electron chi connectivity index (χ3n) is 7.05. The van der Waals surface area contributed by atoms with Gasteiger partial charge in [-0.15, -0.1) is 0 Å². The first-order chi connectivity index (χ1) is 21.1. The number of aromatic carboxylic acids is 1. The highest BCUT2D eigenvalue weighted by Crippen LogP contribution is 2.31. The summed E-state index contributed by atoms with van der Waals surface area (Å²) < 4.78 is 77.4. The Morgan fingerprint density at radius 1 is 1.00 bits per heavy atom. The summed E-state index contributed by atoms with van der Waals surface area (Å²) >= 11 is 5.75. The smallest absolute Gasteiger partial charge is 0.335 e. The molecule has 1 aliphatic rings. The van der Waals surface area contributed by atoms with Crippen molar-refractivity contribution < 1.29 is 41.7 Å². The molecule has 1 atom stereocenters. The third-order valence-corrected chi connectivity index (χ3v) is 7.28. The van der Waals surface area contributed by atoms with Crippen LogP contribution in [0.4, 0.5) is 17.6 Å². The molecule has 0 unspecified atom stereocenters. The minimum absolute atomic E-state index is 0.0370. The Morgan fingerprint density at radius 2 is 1.80 bits per heavy atom. The monoisotopic (exact) mass is 627 g/mol. The van der Waals surface area contributed by atoms with Gasteiger partial charge in [-0.3, -0.25) is 4.98 Å². The van der Waals surface area contributed by atoms with Gasteiger partial charge in [-0.25, -0.2) is 27.3 Å². The Hall–Kier alpha value is -4.68. The summed E-state index contributed by atoms with van der Waals surface area (Å²) in [6, 6.07) is 10.8. The second kappa shape index (κ2) is 12.1. The largest absolute Gasteiger partial charge is 0.484 e. The molecule has 1 fully saturated rings. The van der Waals surface area contributed by atoms with Crippen molar-refractivity contribution >= 4 is 28.6 Å². The van der Waals surface area contributed by atoms with E-state index in [1.165, 1.54) is 36.5 Å². The minimum atomic E-state index is -1.31. The Kier molecular flexibility index (Phi) is 8.11. The molecular formula is C31H22ClF4N3O5. The molecule has 8 nitrogen and oxygen atoms in total. The number of carboxylic acids is 1. The first kappa shape index (κ1) is 29.4. The summed E-state index contributed by atoms with van der Waals surface area (Å²) in [6.07, 6.45) is 1.68. The molecule has 1 N–H and O–H groups in total. The molecule has 0 radical (unpaired) electrons. The van der Waals surface area contributed by atoms with Crippen LogP contribution in [0.1, 0.15) is 33.9 Å². The van der Waals surface area contributed by atoms with E-state index in [9.17, 15) is 18.7 Å². The number of pyridine rings is 1. The van der Waals surface area contributed by atoms with Gasteiger partial charge >= 0.3 is 5.97 Å². The lowest BCUT2D eigenvalue weighted by Crippen LogP contribution is -2.31. The van der Waals surface area contributed by atoms with Gasteiger partial charge in [-0.1, -0.05) is 11.6 Å². The van der Waals surface area contributed by atoms with Gasteiger partial charge in [0.2, 0.25) is 0 Å². The number of halogens is 5. The molecule has 2 aromatic heterocycles. The van der Waals surface area contributed by atoms with Crippen LogP contribution in [0, 0.1) is 23.3 Å². The maximum Gasteiger partial charge on any atom is 0.335 e. The Labute approximate surface area is 252 Å². The lowest BCUT2D eigenvalue weighted by atomic mass is 10.1. The van der Waals surface area contributed by atoms with Crippen molar-refractivity contribution in [1.82, 2.24) is 14.5 Å². The normalized spacial score (nSPS) is 14.4. The summed E-state index contributed by atoms with van der Waals surface area (Å²) in [5, 5.41) is 9.61. The molecule has 13 heteroatoms. The number of hydrogen-bond donors (Lipinski definition) is 1. The molecule has 5 aromatic rings. The average Bonchev–Trinajstić information content (AvgIpc) is 3.30. The van der Waals surface area contributed by atoms with Gasteiger partial charge < -0.3 is 23.9 Å². The number of nitrogens with zero attached hydrogens (tertiary/aromatic N) is 3. The van der Waals surface area contributed by atoms with Crippen LogP contribution in [0.5, 0.6) is 17.2 Å².